The van der Waals surface area contributed by atoms with Crippen molar-refractivity contribution in [1.82, 2.24) is 14.6 Å². The smallest absolute Gasteiger partial charge is 0.155 e. The number of thioether (sulfide) groups is 1. The van der Waals surface area contributed by atoms with Crippen LogP contribution in [0.5, 0.6) is 0 Å². The Hall–Kier alpha value is -1.18. The summed E-state index contributed by atoms with van der Waals surface area (Å²) in [6, 6.07) is 5.63. The molecule has 0 spiro atoms. The lowest BCUT2D eigenvalue weighted by molar-refractivity contribution is -0.311. The zero-order chi connectivity index (χ0) is 14.9. The zero-order valence-corrected chi connectivity index (χ0v) is 13.2. The highest BCUT2D eigenvalue weighted by Crippen LogP contribution is 2.31. The van der Waals surface area contributed by atoms with Crippen LogP contribution in [0.1, 0.15) is 5.69 Å². The van der Waals surface area contributed by atoms with Gasteiger partial charge in [0.25, 0.3) is 0 Å². The molecule has 0 aliphatic rings. The molecule has 0 N–H and O–H groups in total. The number of fused-ring (bicyclic) bond motifs is 1. The number of thiophene rings is 1. The van der Waals surface area contributed by atoms with Crippen molar-refractivity contribution in [2.24, 2.45) is 0 Å². The molecule has 21 heavy (non-hydrogen) atoms. The number of rotatable bonds is 5. The van der Waals surface area contributed by atoms with Crippen molar-refractivity contribution in [2.45, 2.75) is 5.75 Å². The highest BCUT2D eigenvalue weighted by Gasteiger charge is 2.09. The van der Waals surface area contributed by atoms with Crippen molar-refractivity contribution in [1.29, 1.82) is 0 Å². The molecule has 0 aliphatic carbocycles. The summed E-state index contributed by atoms with van der Waals surface area (Å²) >= 11 is 2.65. The summed E-state index contributed by atoms with van der Waals surface area (Å²) in [5.74, 6) is 0.381. The van der Waals surface area contributed by atoms with Crippen LogP contribution in [-0.2, 0) is 10.3 Å². The first-order valence-electron chi connectivity index (χ1n) is 5.98. The van der Waals surface area contributed by atoms with Gasteiger partial charge in [-0.1, -0.05) is 7.60 Å². The average molecular weight is 339 g/mol. The molecule has 3 heterocycles. The normalized spacial score (nSPS) is 12.1. The van der Waals surface area contributed by atoms with Crippen molar-refractivity contribution in [3.05, 3.63) is 40.8 Å². The molecule has 0 unspecified atom stereocenters. The van der Waals surface area contributed by atoms with Crippen LogP contribution in [0.2, 0.25) is 0 Å². The highest BCUT2D eigenvalue weighted by molar-refractivity contribution is 8.03. The molecule has 3 aromatic rings. The van der Waals surface area contributed by atoms with E-state index >= 15 is 0 Å². The molecule has 9 heteroatoms. The number of nitrogens with zero attached hydrogens (tertiary/aromatic N) is 3. The van der Waals surface area contributed by atoms with Crippen LogP contribution < -0.4 is 9.79 Å². The molecule has 0 aromatic carbocycles. The van der Waals surface area contributed by atoms with Crippen LogP contribution in [0.25, 0.3) is 16.9 Å². The molecule has 110 valence electrons. The van der Waals surface area contributed by atoms with E-state index in [1.54, 1.807) is 28.1 Å². The van der Waals surface area contributed by atoms with Gasteiger partial charge in [0.1, 0.15) is 0 Å². The van der Waals surface area contributed by atoms with Crippen molar-refractivity contribution in [2.75, 3.05) is 5.49 Å². The maximum Gasteiger partial charge on any atom is 0.155 e. The Balaban J connectivity index is 1.92. The van der Waals surface area contributed by atoms with Crippen molar-refractivity contribution in [3.63, 3.8) is 0 Å². The Morgan fingerprint density at radius 3 is 2.95 bits per heavy atom. The molecule has 0 atom stereocenters. The lowest BCUT2D eigenvalue weighted by atomic mass is 10.2. The van der Waals surface area contributed by atoms with Gasteiger partial charge in [0.15, 0.2) is 5.65 Å². The third-order valence-electron chi connectivity index (χ3n) is 2.75. The van der Waals surface area contributed by atoms with Gasteiger partial charge in [-0.2, -0.15) is 28.2 Å². The molecule has 0 bridgehead atoms. The van der Waals surface area contributed by atoms with E-state index in [1.165, 1.54) is 0 Å². The number of hydrogen-bond acceptors (Lipinski definition) is 7. The molecule has 0 amide bonds. The molecule has 0 aliphatic heterocycles. The first kappa shape index (κ1) is 14.7. The quantitative estimate of drug-likeness (QED) is 0.655. The maximum atomic E-state index is 10.7. The average Bonchev–Trinajstić information content (AvgIpc) is 3.08. The molecule has 0 fully saturated rings. The highest BCUT2D eigenvalue weighted by atomic mass is 32.2. The number of aromatic nitrogens is 3. The van der Waals surface area contributed by atoms with E-state index in [9.17, 15) is 14.4 Å². The monoisotopic (exact) mass is 339 g/mol. The Morgan fingerprint density at radius 1 is 1.38 bits per heavy atom. The van der Waals surface area contributed by atoms with E-state index in [2.05, 4.69) is 10.1 Å². The van der Waals surface area contributed by atoms with Gasteiger partial charge < -0.3 is 14.4 Å². The zero-order valence-electron chi connectivity index (χ0n) is 10.7. The van der Waals surface area contributed by atoms with Crippen LogP contribution >= 0.6 is 30.7 Å². The van der Waals surface area contributed by atoms with Gasteiger partial charge in [-0.3, -0.25) is 0 Å². The minimum atomic E-state index is -4.49. The van der Waals surface area contributed by atoms with Gasteiger partial charge in [-0.25, -0.2) is 9.50 Å². The molecule has 0 saturated carbocycles. The fourth-order valence-electron chi connectivity index (χ4n) is 1.90. The fraction of sp³-hybridized carbons (Fsp3) is 0.167. The van der Waals surface area contributed by atoms with Crippen molar-refractivity contribution in [3.8, 4) is 11.3 Å². The van der Waals surface area contributed by atoms with Crippen LogP contribution in [0.15, 0.2) is 35.2 Å². The van der Waals surface area contributed by atoms with Crippen molar-refractivity contribution >= 4 is 36.3 Å². The van der Waals surface area contributed by atoms with Gasteiger partial charge in [0, 0.05) is 28.3 Å². The topological polar surface area (TPSA) is 93.4 Å². The first-order chi connectivity index (χ1) is 10.0. The molecule has 3 aromatic heterocycles. The number of hydrogen-bond donors (Lipinski definition) is 0. The summed E-state index contributed by atoms with van der Waals surface area (Å²) in [5, 5.41) is 8.14. The SMILES string of the molecule is O=P([O-])([O-])CSCc1cc(-c2ccsc2)nc2ccnn12. The molecular formula is C12H10N3O3PS2-2. The Morgan fingerprint density at radius 2 is 2.24 bits per heavy atom. The molecule has 6 nitrogen and oxygen atoms in total. The van der Waals surface area contributed by atoms with Gasteiger partial charge in [-0.15, -0.1) is 0 Å². The third kappa shape index (κ3) is 3.53. The molecule has 0 saturated heterocycles. The molecule has 0 radical (unpaired) electrons. The van der Waals surface area contributed by atoms with Crippen LogP contribution in [-0.4, -0.2) is 20.1 Å². The Bertz CT molecular complexity index is 797. The van der Waals surface area contributed by atoms with E-state index in [0.29, 0.717) is 11.4 Å². The summed E-state index contributed by atoms with van der Waals surface area (Å²) in [6.07, 6.45) is 1.64. The third-order valence-corrected chi connectivity index (χ3v) is 5.93. The van der Waals surface area contributed by atoms with Crippen LogP contribution in [0.4, 0.5) is 0 Å². The van der Waals surface area contributed by atoms with E-state index in [4.69, 9.17) is 0 Å². The Kier molecular flexibility index (Phi) is 4.14. The van der Waals surface area contributed by atoms with Gasteiger partial charge >= 0.3 is 0 Å². The lowest BCUT2D eigenvalue weighted by Crippen LogP contribution is -2.15. The summed E-state index contributed by atoms with van der Waals surface area (Å²) < 4.78 is 12.4. The minimum absolute atomic E-state index is 0.381. The summed E-state index contributed by atoms with van der Waals surface area (Å²) in [7, 11) is -4.49. The largest absolute Gasteiger partial charge is 0.810 e. The Labute approximate surface area is 129 Å². The van der Waals surface area contributed by atoms with E-state index in [1.807, 2.05) is 22.9 Å². The van der Waals surface area contributed by atoms with Crippen LogP contribution in [0.3, 0.4) is 0 Å². The maximum absolute atomic E-state index is 10.7. The minimum Gasteiger partial charge on any atom is -0.810 e. The standard InChI is InChI=1S/C12H12N3O3PS2/c16-19(17,18)8-21-7-10-5-11(9-2-4-20-6-9)14-12-1-3-13-15(10)12/h1-6H,7-8H2,(H2,16,17,18)/p-2. The predicted molar refractivity (Wildman–Crippen MR) is 80.1 cm³/mol. The molecular weight excluding hydrogens is 329 g/mol. The summed E-state index contributed by atoms with van der Waals surface area (Å²) in [4.78, 5) is 25.9. The van der Waals surface area contributed by atoms with E-state index < -0.39 is 13.1 Å². The first-order valence-corrected chi connectivity index (χ1v) is 9.80. The fourth-order valence-corrected chi connectivity index (χ4v) is 4.22. The summed E-state index contributed by atoms with van der Waals surface area (Å²) in [5.41, 5.74) is 2.90. The lowest BCUT2D eigenvalue weighted by Gasteiger charge is -2.28. The summed E-state index contributed by atoms with van der Waals surface area (Å²) in [6.45, 7) is 0. The molecule has 3 rings (SSSR count). The predicted octanol–water partition coefficient (Wildman–Crippen LogP) is 1.56. The van der Waals surface area contributed by atoms with Crippen molar-refractivity contribution < 1.29 is 14.4 Å². The van der Waals surface area contributed by atoms with E-state index in [0.717, 1.165) is 28.7 Å². The van der Waals surface area contributed by atoms with Gasteiger partial charge in [0.05, 0.1) is 17.6 Å². The van der Waals surface area contributed by atoms with Gasteiger partial charge in [0.2, 0.25) is 0 Å². The second kappa shape index (κ2) is 5.90. The van der Waals surface area contributed by atoms with Crippen LogP contribution in [0, 0.1) is 0 Å². The van der Waals surface area contributed by atoms with Gasteiger partial charge in [-0.05, 0) is 17.5 Å². The second-order valence-corrected chi connectivity index (χ2v) is 8.07. The van der Waals surface area contributed by atoms with E-state index in [-0.39, 0.29) is 0 Å². The second-order valence-electron chi connectivity index (χ2n) is 4.33.